The van der Waals surface area contributed by atoms with Crippen LogP contribution in [-0.2, 0) is 6.54 Å². The molecule has 2 nitrogen and oxygen atoms in total. The summed E-state index contributed by atoms with van der Waals surface area (Å²) in [6, 6.07) is 3.39. The molecule has 0 spiro atoms. The van der Waals surface area contributed by atoms with Crippen molar-refractivity contribution in [2.45, 2.75) is 32.9 Å². The molecule has 0 bridgehead atoms. The standard InChI is InChI=1S/C13H19F2NO/c1-9(2)3-13(8-17)16-7-10-4-11(14)6-12(15)5-10/h4-6,9,13,16-17H,3,7-8H2,1-2H3. The van der Waals surface area contributed by atoms with E-state index in [1.165, 1.54) is 12.1 Å². The number of aliphatic hydroxyl groups is 1. The summed E-state index contributed by atoms with van der Waals surface area (Å²) in [4.78, 5) is 0. The minimum atomic E-state index is -0.578. The van der Waals surface area contributed by atoms with E-state index in [-0.39, 0.29) is 12.6 Å². The van der Waals surface area contributed by atoms with Crippen LogP contribution in [0.3, 0.4) is 0 Å². The summed E-state index contributed by atoms with van der Waals surface area (Å²) in [6.45, 7) is 4.50. The molecule has 0 heterocycles. The van der Waals surface area contributed by atoms with Crippen LogP contribution in [0, 0.1) is 17.6 Å². The fourth-order valence-electron chi connectivity index (χ4n) is 1.77. The lowest BCUT2D eigenvalue weighted by atomic mass is 10.0. The molecule has 4 heteroatoms. The minimum absolute atomic E-state index is 0.0238. The Morgan fingerprint density at radius 3 is 2.24 bits per heavy atom. The van der Waals surface area contributed by atoms with Crippen molar-refractivity contribution in [1.82, 2.24) is 5.32 Å². The van der Waals surface area contributed by atoms with Gasteiger partial charge >= 0.3 is 0 Å². The molecule has 0 saturated heterocycles. The normalized spacial score (nSPS) is 13.1. The highest BCUT2D eigenvalue weighted by molar-refractivity contribution is 5.17. The van der Waals surface area contributed by atoms with Crippen LogP contribution in [0.5, 0.6) is 0 Å². The maximum Gasteiger partial charge on any atom is 0.126 e. The number of nitrogens with one attached hydrogen (secondary N) is 1. The fraction of sp³-hybridized carbons (Fsp3) is 0.538. The average Bonchev–Trinajstić information content (AvgIpc) is 2.22. The maximum atomic E-state index is 12.9. The molecule has 0 saturated carbocycles. The Bertz CT molecular complexity index is 335. The van der Waals surface area contributed by atoms with E-state index in [1.807, 2.05) is 0 Å². The second-order valence-electron chi connectivity index (χ2n) is 4.67. The number of benzene rings is 1. The third-order valence-electron chi connectivity index (χ3n) is 2.49. The molecule has 1 atom stereocenters. The maximum absolute atomic E-state index is 12.9. The molecule has 1 aromatic rings. The first-order valence-corrected chi connectivity index (χ1v) is 5.80. The molecule has 0 aliphatic heterocycles. The van der Waals surface area contributed by atoms with Crippen LogP contribution in [0.4, 0.5) is 8.78 Å². The van der Waals surface area contributed by atoms with Gasteiger partial charge in [0.15, 0.2) is 0 Å². The molecule has 0 fully saturated rings. The zero-order valence-electron chi connectivity index (χ0n) is 10.2. The zero-order valence-corrected chi connectivity index (χ0v) is 10.2. The van der Waals surface area contributed by atoms with Gasteiger partial charge in [-0.15, -0.1) is 0 Å². The Hall–Kier alpha value is -1.00. The second-order valence-corrected chi connectivity index (χ2v) is 4.67. The molecule has 0 radical (unpaired) electrons. The summed E-state index contributed by atoms with van der Waals surface area (Å²) >= 11 is 0. The Kier molecular flexibility index (Phi) is 5.51. The van der Waals surface area contributed by atoms with E-state index < -0.39 is 11.6 Å². The van der Waals surface area contributed by atoms with Crippen LogP contribution in [0.1, 0.15) is 25.8 Å². The summed E-state index contributed by atoms with van der Waals surface area (Å²) < 4.78 is 25.9. The first-order chi connectivity index (χ1) is 8.01. The van der Waals surface area contributed by atoms with Gasteiger partial charge in [-0.25, -0.2) is 8.78 Å². The Balaban J connectivity index is 2.53. The van der Waals surface area contributed by atoms with Crippen LogP contribution in [0.15, 0.2) is 18.2 Å². The number of rotatable bonds is 6. The molecule has 1 aromatic carbocycles. The van der Waals surface area contributed by atoms with Crippen molar-refractivity contribution in [3.8, 4) is 0 Å². The van der Waals surface area contributed by atoms with Gasteiger partial charge in [-0.1, -0.05) is 13.8 Å². The Morgan fingerprint density at radius 2 is 1.76 bits per heavy atom. The van der Waals surface area contributed by atoms with Gasteiger partial charge in [-0.2, -0.15) is 0 Å². The molecule has 96 valence electrons. The van der Waals surface area contributed by atoms with Gasteiger partial charge in [0.25, 0.3) is 0 Å². The third-order valence-corrected chi connectivity index (χ3v) is 2.49. The summed E-state index contributed by atoms with van der Waals surface area (Å²) in [5.74, 6) is -0.693. The molecule has 2 N–H and O–H groups in total. The largest absolute Gasteiger partial charge is 0.395 e. The average molecular weight is 243 g/mol. The molecule has 1 rings (SSSR count). The quantitative estimate of drug-likeness (QED) is 0.804. The monoisotopic (exact) mass is 243 g/mol. The minimum Gasteiger partial charge on any atom is -0.395 e. The van der Waals surface area contributed by atoms with Crippen molar-refractivity contribution in [1.29, 1.82) is 0 Å². The van der Waals surface area contributed by atoms with E-state index in [0.29, 0.717) is 18.0 Å². The van der Waals surface area contributed by atoms with Gasteiger partial charge in [0.2, 0.25) is 0 Å². The van der Waals surface area contributed by atoms with Crippen molar-refractivity contribution >= 4 is 0 Å². The number of aliphatic hydroxyl groups excluding tert-OH is 1. The van der Waals surface area contributed by atoms with Crippen molar-refractivity contribution in [3.63, 3.8) is 0 Å². The van der Waals surface area contributed by atoms with Crippen LogP contribution in [0.25, 0.3) is 0 Å². The zero-order chi connectivity index (χ0) is 12.8. The molecule has 0 aromatic heterocycles. The molecular formula is C13H19F2NO. The lowest BCUT2D eigenvalue weighted by Gasteiger charge is -2.18. The van der Waals surface area contributed by atoms with E-state index in [1.54, 1.807) is 0 Å². The molecular weight excluding hydrogens is 224 g/mol. The lowest BCUT2D eigenvalue weighted by molar-refractivity contribution is 0.223. The summed E-state index contributed by atoms with van der Waals surface area (Å²) in [5.41, 5.74) is 0.546. The van der Waals surface area contributed by atoms with Crippen molar-refractivity contribution < 1.29 is 13.9 Å². The van der Waals surface area contributed by atoms with E-state index >= 15 is 0 Å². The van der Waals surface area contributed by atoms with Gasteiger partial charge in [-0.05, 0) is 30.0 Å². The highest BCUT2D eigenvalue weighted by Gasteiger charge is 2.09. The second kappa shape index (κ2) is 6.67. The van der Waals surface area contributed by atoms with Crippen LogP contribution < -0.4 is 5.32 Å². The highest BCUT2D eigenvalue weighted by atomic mass is 19.1. The SMILES string of the molecule is CC(C)CC(CO)NCc1cc(F)cc(F)c1. The molecule has 0 amide bonds. The Morgan fingerprint density at radius 1 is 1.18 bits per heavy atom. The number of hydrogen-bond donors (Lipinski definition) is 2. The number of hydrogen-bond acceptors (Lipinski definition) is 2. The van der Waals surface area contributed by atoms with Gasteiger partial charge in [-0.3, -0.25) is 0 Å². The van der Waals surface area contributed by atoms with Crippen LogP contribution in [0.2, 0.25) is 0 Å². The fourth-order valence-corrected chi connectivity index (χ4v) is 1.77. The van der Waals surface area contributed by atoms with Crippen molar-refractivity contribution in [2.24, 2.45) is 5.92 Å². The smallest absolute Gasteiger partial charge is 0.126 e. The Labute approximate surface area is 101 Å². The van der Waals surface area contributed by atoms with Crippen LogP contribution in [-0.4, -0.2) is 17.8 Å². The molecule has 1 unspecified atom stereocenters. The van der Waals surface area contributed by atoms with E-state index in [9.17, 15) is 8.78 Å². The summed E-state index contributed by atoms with van der Waals surface area (Å²) in [7, 11) is 0. The highest BCUT2D eigenvalue weighted by Crippen LogP contribution is 2.09. The summed E-state index contributed by atoms with van der Waals surface area (Å²) in [5, 5.41) is 12.2. The van der Waals surface area contributed by atoms with E-state index in [2.05, 4.69) is 19.2 Å². The van der Waals surface area contributed by atoms with Gasteiger partial charge in [0.05, 0.1) is 6.61 Å². The first-order valence-electron chi connectivity index (χ1n) is 5.80. The predicted octanol–water partition coefficient (Wildman–Crippen LogP) is 2.46. The first kappa shape index (κ1) is 14.1. The number of halogens is 2. The third kappa shape index (κ3) is 5.24. The van der Waals surface area contributed by atoms with Crippen molar-refractivity contribution in [2.75, 3.05) is 6.61 Å². The topological polar surface area (TPSA) is 32.3 Å². The molecule has 0 aliphatic carbocycles. The molecule has 17 heavy (non-hydrogen) atoms. The van der Waals surface area contributed by atoms with Gasteiger partial charge in [0.1, 0.15) is 11.6 Å². The summed E-state index contributed by atoms with van der Waals surface area (Å²) in [6.07, 6.45) is 0.828. The van der Waals surface area contributed by atoms with Gasteiger partial charge < -0.3 is 10.4 Å². The van der Waals surface area contributed by atoms with Crippen LogP contribution >= 0.6 is 0 Å². The molecule has 0 aliphatic rings. The van der Waals surface area contributed by atoms with E-state index in [0.717, 1.165) is 12.5 Å². The van der Waals surface area contributed by atoms with E-state index in [4.69, 9.17) is 5.11 Å². The van der Waals surface area contributed by atoms with Crippen molar-refractivity contribution in [3.05, 3.63) is 35.4 Å². The predicted molar refractivity (Wildman–Crippen MR) is 63.5 cm³/mol. The lowest BCUT2D eigenvalue weighted by Crippen LogP contribution is -2.33. The van der Waals surface area contributed by atoms with Gasteiger partial charge in [0, 0.05) is 18.7 Å².